The maximum Gasteiger partial charge on any atom is 0.261 e. The van der Waals surface area contributed by atoms with E-state index in [1.165, 1.54) is 4.90 Å². The molecular formula is C20H19N3O3. The minimum absolute atomic E-state index is 0.0343. The summed E-state index contributed by atoms with van der Waals surface area (Å²) in [4.78, 5) is 44.6. The summed E-state index contributed by atoms with van der Waals surface area (Å²) in [7, 11) is 0. The van der Waals surface area contributed by atoms with Gasteiger partial charge in [-0.25, -0.2) is 0 Å². The highest BCUT2D eigenvalue weighted by atomic mass is 16.2. The fourth-order valence-electron chi connectivity index (χ4n) is 3.29. The van der Waals surface area contributed by atoms with Gasteiger partial charge in [0.2, 0.25) is 5.91 Å². The Balaban J connectivity index is 1.42. The van der Waals surface area contributed by atoms with Gasteiger partial charge in [0.1, 0.15) is 0 Å². The molecule has 132 valence electrons. The SMILES string of the molecule is O=C1c2ccccc2C(=O)N1CCC(=O)N(Cc1cccnc1)C1CC1. The van der Waals surface area contributed by atoms with Crippen LogP contribution in [0.2, 0.25) is 0 Å². The lowest BCUT2D eigenvalue weighted by Crippen LogP contribution is -2.37. The third kappa shape index (κ3) is 3.10. The third-order valence-electron chi connectivity index (χ3n) is 4.81. The molecule has 6 heteroatoms. The number of aromatic nitrogens is 1. The van der Waals surface area contributed by atoms with E-state index in [9.17, 15) is 14.4 Å². The number of carbonyl (C=O) groups is 3. The average Bonchev–Trinajstić information content (AvgIpc) is 3.48. The molecule has 2 aliphatic rings. The van der Waals surface area contributed by atoms with Gasteiger partial charge in [0.05, 0.1) is 11.1 Å². The van der Waals surface area contributed by atoms with Gasteiger partial charge in [-0.05, 0) is 36.6 Å². The number of fused-ring (bicyclic) bond motifs is 1. The van der Waals surface area contributed by atoms with Gasteiger partial charge in [-0.3, -0.25) is 24.3 Å². The first-order chi connectivity index (χ1) is 12.6. The van der Waals surface area contributed by atoms with Gasteiger partial charge in [-0.15, -0.1) is 0 Å². The lowest BCUT2D eigenvalue weighted by atomic mass is 10.1. The summed E-state index contributed by atoms with van der Waals surface area (Å²) in [6, 6.07) is 10.8. The molecule has 0 spiro atoms. The highest BCUT2D eigenvalue weighted by Crippen LogP contribution is 2.29. The molecule has 1 aromatic heterocycles. The standard InChI is InChI=1S/C20H19N3O3/c24-18(23(15-7-8-15)13-14-4-3-10-21-12-14)9-11-22-19(25)16-5-1-2-6-17(16)20(22)26/h1-6,10,12,15H,7-9,11,13H2. The van der Waals surface area contributed by atoms with Crippen LogP contribution in [0.5, 0.6) is 0 Å². The van der Waals surface area contributed by atoms with Gasteiger partial charge in [0.15, 0.2) is 0 Å². The zero-order chi connectivity index (χ0) is 18.1. The molecule has 1 fully saturated rings. The zero-order valence-corrected chi connectivity index (χ0v) is 14.3. The van der Waals surface area contributed by atoms with Crippen LogP contribution in [0.1, 0.15) is 45.5 Å². The smallest absolute Gasteiger partial charge is 0.261 e. The third-order valence-corrected chi connectivity index (χ3v) is 4.81. The largest absolute Gasteiger partial charge is 0.335 e. The Bertz CT molecular complexity index is 827. The number of imide groups is 1. The molecule has 6 nitrogen and oxygen atoms in total. The van der Waals surface area contributed by atoms with Crippen LogP contribution in [0, 0.1) is 0 Å². The van der Waals surface area contributed by atoms with E-state index in [4.69, 9.17) is 0 Å². The second kappa shape index (κ2) is 6.71. The van der Waals surface area contributed by atoms with E-state index in [-0.39, 0.29) is 36.7 Å². The number of benzene rings is 1. The van der Waals surface area contributed by atoms with Crippen LogP contribution < -0.4 is 0 Å². The number of hydrogen-bond donors (Lipinski definition) is 0. The minimum Gasteiger partial charge on any atom is -0.335 e. The lowest BCUT2D eigenvalue weighted by molar-refractivity contribution is -0.132. The predicted molar refractivity (Wildman–Crippen MR) is 94.2 cm³/mol. The Labute approximate surface area is 151 Å². The van der Waals surface area contributed by atoms with Crippen molar-refractivity contribution in [1.82, 2.24) is 14.8 Å². The second-order valence-corrected chi connectivity index (χ2v) is 6.67. The summed E-state index contributed by atoms with van der Waals surface area (Å²) >= 11 is 0. The number of rotatable bonds is 6. The molecule has 0 N–H and O–H groups in total. The monoisotopic (exact) mass is 349 g/mol. The summed E-state index contributed by atoms with van der Waals surface area (Å²) in [6.45, 7) is 0.626. The topological polar surface area (TPSA) is 70.6 Å². The molecule has 3 amide bonds. The molecule has 4 rings (SSSR count). The molecule has 26 heavy (non-hydrogen) atoms. The van der Waals surface area contributed by atoms with E-state index >= 15 is 0 Å². The maximum atomic E-state index is 12.7. The van der Waals surface area contributed by atoms with Crippen LogP contribution >= 0.6 is 0 Å². The molecule has 0 saturated heterocycles. The van der Waals surface area contributed by atoms with E-state index in [0.717, 1.165) is 18.4 Å². The van der Waals surface area contributed by atoms with Gasteiger partial charge in [-0.2, -0.15) is 0 Å². The van der Waals surface area contributed by atoms with Crippen molar-refractivity contribution in [2.75, 3.05) is 6.54 Å². The van der Waals surface area contributed by atoms with Gasteiger partial charge < -0.3 is 4.90 Å². The molecule has 1 saturated carbocycles. The Morgan fingerprint density at radius 2 is 1.77 bits per heavy atom. The summed E-state index contributed by atoms with van der Waals surface area (Å²) < 4.78 is 0. The van der Waals surface area contributed by atoms with E-state index in [1.54, 1.807) is 36.7 Å². The van der Waals surface area contributed by atoms with Gasteiger partial charge in [0.25, 0.3) is 11.8 Å². The zero-order valence-electron chi connectivity index (χ0n) is 14.3. The van der Waals surface area contributed by atoms with Crippen LogP contribution in [0.15, 0.2) is 48.8 Å². The summed E-state index contributed by atoms with van der Waals surface area (Å²) in [6.07, 6.45) is 5.60. The van der Waals surface area contributed by atoms with E-state index < -0.39 is 0 Å². The van der Waals surface area contributed by atoms with Gasteiger partial charge in [-0.1, -0.05) is 18.2 Å². The Morgan fingerprint density at radius 1 is 1.08 bits per heavy atom. The van der Waals surface area contributed by atoms with Crippen LogP contribution in [0.3, 0.4) is 0 Å². The first-order valence-electron chi connectivity index (χ1n) is 8.79. The fourth-order valence-corrected chi connectivity index (χ4v) is 3.29. The predicted octanol–water partition coefficient (Wildman–Crippen LogP) is 2.26. The highest BCUT2D eigenvalue weighted by Gasteiger charge is 2.37. The molecule has 2 aromatic rings. The van der Waals surface area contributed by atoms with E-state index in [2.05, 4.69) is 4.98 Å². The normalized spacial score (nSPS) is 15.9. The average molecular weight is 349 g/mol. The Kier molecular flexibility index (Phi) is 4.24. The first-order valence-corrected chi connectivity index (χ1v) is 8.79. The van der Waals surface area contributed by atoms with Crippen molar-refractivity contribution in [3.05, 3.63) is 65.5 Å². The molecule has 0 unspecified atom stereocenters. The first kappa shape index (κ1) is 16.4. The molecule has 1 aromatic carbocycles. The van der Waals surface area contributed by atoms with Crippen molar-refractivity contribution in [2.24, 2.45) is 0 Å². The number of nitrogens with zero attached hydrogens (tertiary/aromatic N) is 3. The van der Waals surface area contributed by atoms with Crippen molar-refractivity contribution < 1.29 is 14.4 Å². The van der Waals surface area contributed by atoms with Gasteiger partial charge in [0, 0.05) is 37.9 Å². The molecule has 1 aliphatic heterocycles. The van der Waals surface area contributed by atoms with Crippen LogP contribution in [0.25, 0.3) is 0 Å². The summed E-state index contributed by atoms with van der Waals surface area (Å²) in [5.41, 5.74) is 1.81. The van der Waals surface area contributed by atoms with Crippen molar-refractivity contribution in [3.63, 3.8) is 0 Å². The molecule has 0 bridgehead atoms. The summed E-state index contributed by atoms with van der Waals surface area (Å²) in [5.74, 6) is -0.667. The van der Waals surface area contributed by atoms with Crippen molar-refractivity contribution >= 4 is 17.7 Å². The van der Waals surface area contributed by atoms with E-state index in [0.29, 0.717) is 17.7 Å². The van der Waals surface area contributed by atoms with Crippen LogP contribution in [0.4, 0.5) is 0 Å². The van der Waals surface area contributed by atoms with Crippen LogP contribution in [-0.2, 0) is 11.3 Å². The molecule has 0 atom stereocenters. The minimum atomic E-state index is -0.316. The van der Waals surface area contributed by atoms with E-state index in [1.807, 2.05) is 17.0 Å². The van der Waals surface area contributed by atoms with Crippen molar-refractivity contribution in [1.29, 1.82) is 0 Å². The van der Waals surface area contributed by atoms with Gasteiger partial charge >= 0.3 is 0 Å². The number of pyridine rings is 1. The Hall–Kier alpha value is -3.02. The summed E-state index contributed by atoms with van der Waals surface area (Å²) in [5, 5.41) is 0. The molecule has 1 aliphatic carbocycles. The van der Waals surface area contributed by atoms with Crippen LogP contribution in [-0.4, -0.2) is 45.1 Å². The highest BCUT2D eigenvalue weighted by molar-refractivity contribution is 6.21. The van der Waals surface area contributed by atoms with Crippen molar-refractivity contribution in [2.45, 2.75) is 31.8 Å². The lowest BCUT2D eigenvalue weighted by Gasteiger charge is -2.23. The maximum absolute atomic E-state index is 12.7. The number of hydrogen-bond acceptors (Lipinski definition) is 4. The van der Waals surface area contributed by atoms with Crippen molar-refractivity contribution in [3.8, 4) is 0 Å². The Morgan fingerprint density at radius 3 is 2.35 bits per heavy atom. The quantitative estimate of drug-likeness (QED) is 0.750. The number of carbonyl (C=O) groups excluding carboxylic acids is 3. The second-order valence-electron chi connectivity index (χ2n) is 6.67. The molecule has 0 radical (unpaired) electrons. The fraction of sp³-hybridized carbons (Fsp3) is 0.300. The number of amides is 3. The molecular weight excluding hydrogens is 330 g/mol. The molecule has 2 heterocycles.